The maximum absolute atomic E-state index is 6.03. The molecule has 0 amide bonds. The fourth-order valence-electron chi connectivity index (χ4n) is 1.95. The Morgan fingerprint density at radius 2 is 2.11 bits per heavy atom. The van der Waals surface area contributed by atoms with E-state index in [1.807, 2.05) is 30.5 Å². The standard InChI is InChI=1S/C15H16ClNO/c1-3-5-11-8-14(15(18-2)17-10-11)12-6-4-7-13(16)9-12/h4,6-10H,3,5H2,1-2H3. The Balaban J connectivity index is 2.49. The molecule has 0 saturated carbocycles. The van der Waals surface area contributed by atoms with Gasteiger partial charge < -0.3 is 4.74 Å². The number of methoxy groups -OCH3 is 1. The second-order valence-electron chi connectivity index (χ2n) is 4.16. The minimum absolute atomic E-state index is 0.636. The van der Waals surface area contributed by atoms with Crippen LogP contribution in [0.2, 0.25) is 5.02 Å². The minimum atomic E-state index is 0.636. The van der Waals surface area contributed by atoms with E-state index in [4.69, 9.17) is 16.3 Å². The molecule has 0 fully saturated rings. The summed E-state index contributed by atoms with van der Waals surface area (Å²) in [6.07, 6.45) is 3.99. The summed E-state index contributed by atoms with van der Waals surface area (Å²) in [5.74, 6) is 0.636. The van der Waals surface area contributed by atoms with Gasteiger partial charge in [0.25, 0.3) is 0 Å². The Morgan fingerprint density at radius 3 is 2.78 bits per heavy atom. The lowest BCUT2D eigenvalue weighted by Gasteiger charge is -2.10. The quantitative estimate of drug-likeness (QED) is 0.816. The predicted molar refractivity (Wildman–Crippen MR) is 75.2 cm³/mol. The molecule has 1 aromatic carbocycles. The summed E-state index contributed by atoms with van der Waals surface area (Å²) < 4.78 is 5.32. The second kappa shape index (κ2) is 5.87. The van der Waals surface area contributed by atoms with Gasteiger partial charge in [0.05, 0.1) is 7.11 Å². The summed E-state index contributed by atoms with van der Waals surface area (Å²) in [5, 5.41) is 0.718. The van der Waals surface area contributed by atoms with E-state index in [-0.39, 0.29) is 0 Å². The van der Waals surface area contributed by atoms with Crippen LogP contribution in [-0.4, -0.2) is 12.1 Å². The van der Waals surface area contributed by atoms with Crippen molar-refractivity contribution in [2.24, 2.45) is 0 Å². The molecule has 1 aromatic heterocycles. The van der Waals surface area contributed by atoms with Crippen LogP contribution in [0.4, 0.5) is 0 Å². The number of halogens is 1. The summed E-state index contributed by atoms with van der Waals surface area (Å²) in [7, 11) is 1.63. The fraction of sp³-hybridized carbons (Fsp3) is 0.267. The van der Waals surface area contributed by atoms with E-state index in [9.17, 15) is 0 Å². The zero-order valence-corrected chi connectivity index (χ0v) is 11.4. The molecule has 2 aromatic rings. The number of nitrogens with zero attached hydrogens (tertiary/aromatic N) is 1. The number of hydrogen-bond acceptors (Lipinski definition) is 2. The zero-order chi connectivity index (χ0) is 13.0. The van der Waals surface area contributed by atoms with Gasteiger partial charge in [0.2, 0.25) is 5.88 Å². The van der Waals surface area contributed by atoms with Gasteiger partial charge in [-0.05, 0) is 35.7 Å². The third-order valence-corrected chi connectivity index (χ3v) is 3.01. The third-order valence-electron chi connectivity index (χ3n) is 2.78. The molecule has 0 N–H and O–H groups in total. The third kappa shape index (κ3) is 2.82. The molecular formula is C15H16ClNO. The lowest BCUT2D eigenvalue weighted by Crippen LogP contribution is -1.94. The topological polar surface area (TPSA) is 22.1 Å². The first kappa shape index (κ1) is 12.9. The van der Waals surface area contributed by atoms with E-state index in [0.29, 0.717) is 5.88 Å². The summed E-state index contributed by atoms with van der Waals surface area (Å²) in [6, 6.07) is 9.86. The van der Waals surface area contributed by atoms with Gasteiger partial charge >= 0.3 is 0 Å². The van der Waals surface area contributed by atoms with Crippen molar-refractivity contribution >= 4 is 11.6 Å². The van der Waals surface area contributed by atoms with Gasteiger partial charge in [0.1, 0.15) is 0 Å². The minimum Gasteiger partial charge on any atom is -0.481 e. The summed E-state index contributed by atoms with van der Waals surface area (Å²) in [4.78, 5) is 4.36. The van der Waals surface area contributed by atoms with Gasteiger partial charge in [-0.3, -0.25) is 0 Å². The van der Waals surface area contributed by atoms with Gasteiger partial charge in [-0.15, -0.1) is 0 Å². The van der Waals surface area contributed by atoms with Crippen LogP contribution in [0.15, 0.2) is 36.5 Å². The van der Waals surface area contributed by atoms with E-state index in [2.05, 4.69) is 18.0 Å². The monoisotopic (exact) mass is 261 g/mol. The second-order valence-corrected chi connectivity index (χ2v) is 4.60. The van der Waals surface area contributed by atoms with Crippen molar-refractivity contribution in [2.45, 2.75) is 19.8 Å². The number of benzene rings is 1. The number of aromatic nitrogens is 1. The Hall–Kier alpha value is -1.54. The zero-order valence-electron chi connectivity index (χ0n) is 10.6. The van der Waals surface area contributed by atoms with Gasteiger partial charge in [0.15, 0.2) is 0 Å². The van der Waals surface area contributed by atoms with Crippen LogP contribution in [0, 0.1) is 0 Å². The van der Waals surface area contributed by atoms with E-state index in [1.54, 1.807) is 7.11 Å². The Labute approximate surface area is 113 Å². The normalized spacial score (nSPS) is 10.4. The van der Waals surface area contributed by atoms with Crippen molar-refractivity contribution < 1.29 is 4.74 Å². The number of aryl methyl sites for hydroxylation is 1. The first-order valence-electron chi connectivity index (χ1n) is 6.03. The van der Waals surface area contributed by atoms with E-state index < -0.39 is 0 Å². The molecule has 1 heterocycles. The molecule has 18 heavy (non-hydrogen) atoms. The van der Waals surface area contributed by atoms with E-state index >= 15 is 0 Å². The molecule has 2 rings (SSSR count). The highest BCUT2D eigenvalue weighted by Crippen LogP contribution is 2.30. The Morgan fingerprint density at radius 1 is 1.28 bits per heavy atom. The van der Waals surface area contributed by atoms with Crippen LogP contribution in [0.1, 0.15) is 18.9 Å². The largest absolute Gasteiger partial charge is 0.481 e. The van der Waals surface area contributed by atoms with Crippen LogP contribution >= 0.6 is 11.6 Å². The number of ether oxygens (including phenoxy) is 1. The molecule has 0 aliphatic heterocycles. The van der Waals surface area contributed by atoms with Crippen LogP contribution in [0.3, 0.4) is 0 Å². The van der Waals surface area contributed by atoms with Gasteiger partial charge in [0, 0.05) is 16.8 Å². The summed E-state index contributed by atoms with van der Waals surface area (Å²) in [6.45, 7) is 2.16. The molecule has 0 unspecified atom stereocenters. The maximum Gasteiger partial charge on any atom is 0.221 e. The van der Waals surface area contributed by atoms with Crippen molar-refractivity contribution in [3.63, 3.8) is 0 Å². The molecule has 2 nitrogen and oxygen atoms in total. The van der Waals surface area contributed by atoms with Crippen LogP contribution in [-0.2, 0) is 6.42 Å². The van der Waals surface area contributed by atoms with Crippen molar-refractivity contribution in [1.82, 2.24) is 4.98 Å². The maximum atomic E-state index is 6.03. The average Bonchev–Trinajstić information content (AvgIpc) is 2.39. The number of pyridine rings is 1. The van der Waals surface area contributed by atoms with E-state index in [0.717, 1.165) is 29.0 Å². The first-order chi connectivity index (χ1) is 8.74. The van der Waals surface area contributed by atoms with Crippen molar-refractivity contribution in [3.05, 3.63) is 47.1 Å². The first-order valence-corrected chi connectivity index (χ1v) is 6.41. The lowest BCUT2D eigenvalue weighted by atomic mass is 10.0. The summed E-state index contributed by atoms with van der Waals surface area (Å²) in [5.41, 5.74) is 3.24. The fourth-order valence-corrected chi connectivity index (χ4v) is 2.14. The average molecular weight is 262 g/mol. The Kier molecular flexibility index (Phi) is 4.21. The SMILES string of the molecule is CCCc1cnc(OC)c(-c2cccc(Cl)c2)c1. The molecule has 0 radical (unpaired) electrons. The van der Waals surface area contributed by atoms with Gasteiger partial charge in [-0.1, -0.05) is 37.1 Å². The van der Waals surface area contributed by atoms with Crippen molar-refractivity contribution in [1.29, 1.82) is 0 Å². The van der Waals surface area contributed by atoms with Gasteiger partial charge in [-0.2, -0.15) is 0 Å². The number of rotatable bonds is 4. The summed E-state index contributed by atoms with van der Waals surface area (Å²) >= 11 is 6.03. The number of hydrogen-bond donors (Lipinski definition) is 0. The highest BCUT2D eigenvalue weighted by atomic mass is 35.5. The van der Waals surface area contributed by atoms with Crippen molar-refractivity contribution in [2.75, 3.05) is 7.11 Å². The molecular weight excluding hydrogens is 246 g/mol. The highest BCUT2D eigenvalue weighted by Gasteiger charge is 2.08. The molecule has 0 bridgehead atoms. The van der Waals surface area contributed by atoms with Gasteiger partial charge in [-0.25, -0.2) is 4.98 Å². The van der Waals surface area contributed by atoms with Crippen LogP contribution < -0.4 is 4.74 Å². The predicted octanol–water partition coefficient (Wildman–Crippen LogP) is 4.36. The molecule has 0 saturated heterocycles. The van der Waals surface area contributed by atoms with Crippen molar-refractivity contribution in [3.8, 4) is 17.0 Å². The molecule has 0 atom stereocenters. The molecule has 3 heteroatoms. The van der Waals surface area contributed by atoms with E-state index in [1.165, 1.54) is 5.56 Å². The smallest absolute Gasteiger partial charge is 0.221 e. The molecule has 0 spiro atoms. The highest BCUT2D eigenvalue weighted by molar-refractivity contribution is 6.30. The lowest BCUT2D eigenvalue weighted by molar-refractivity contribution is 0.399. The molecule has 94 valence electrons. The molecule has 0 aliphatic carbocycles. The Bertz CT molecular complexity index is 540. The van der Waals surface area contributed by atoms with Crippen LogP contribution in [0.25, 0.3) is 11.1 Å². The van der Waals surface area contributed by atoms with Crippen LogP contribution in [0.5, 0.6) is 5.88 Å². The molecule has 0 aliphatic rings.